The van der Waals surface area contributed by atoms with E-state index in [2.05, 4.69) is 60.7 Å². The van der Waals surface area contributed by atoms with Crippen LogP contribution in [0.15, 0.2) is 48.5 Å². The fourth-order valence-corrected chi connectivity index (χ4v) is 6.53. The molecular weight excluding hydrogens is 627 g/mol. The van der Waals surface area contributed by atoms with Crippen molar-refractivity contribution < 1.29 is 4.79 Å². The Bertz CT molecular complexity index is 1100. The molecule has 6 N–H and O–H groups in total. The SMILES string of the molecule is CC(C)CC(CNC(CCCCN)CN(C)C1CCN(C(=O)Cc2ccc(Cl)c(Cl)c2)CC1)NCC(N)Cc1ccccc1.Cl. The minimum Gasteiger partial charge on any atom is -0.342 e. The smallest absolute Gasteiger partial charge is 0.226 e. The standard InChI is InChI=1S/C35H56Cl2N6O.ClH/c1-26(2)19-31(40-23-29(39)20-27-9-5-4-6-10-27)24-41-30(11-7-8-16-38)25-42(3)32-14-17-43(18-15-32)35(44)22-28-12-13-33(36)34(37)21-28;/h4-6,9-10,12-13,21,26,29-32,40-41H,7-8,11,14-20,22-25,38-39H2,1-3H3;1H. The molecule has 45 heavy (non-hydrogen) atoms. The normalized spacial score (nSPS) is 16.1. The quantitative estimate of drug-likeness (QED) is 0.145. The van der Waals surface area contributed by atoms with Gasteiger partial charge in [-0.2, -0.15) is 0 Å². The molecule has 10 heteroatoms. The molecule has 0 aromatic heterocycles. The van der Waals surface area contributed by atoms with Crippen molar-refractivity contribution in [2.24, 2.45) is 17.4 Å². The van der Waals surface area contributed by atoms with Crippen LogP contribution in [0.1, 0.15) is 63.5 Å². The molecule has 1 aliphatic heterocycles. The molecule has 7 nitrogen and oxygen atoms in total. The maximum atomic E-state index is 13.0. The van der Waals surface area contributed by atoms with Crippen molar-refractivity contribution in [1.82, 2.24) is 20.4 Å². The number of unbranched alkanes of at least 4 members (excludes halogenated alkanes) is 1. The Morgan fingerprint density at radius 2 is 1.67 bits per heavy atom. The third kappa shape index (κ3) is 14.9. The first-order valence-electron chi connectivity index (χ1n) is 16.5. The third-order valence-electron chi connectivity index (χ3n) is 8.71. The van der Waals surface area contributed by atoms with Crippen LogP contribution in [0.25, 0.3) is 0 Å². The van der Waals surface area contributed by atoms with Gasteiger partial charge >= 0.3 is 0 Å². The van der Waals surface area contributed by atoms with Crippen LogP contribution in [0.3, 0.4) is 0 Å². The van der Waals surface area contributed by atoms with Crippen LogP contribution in [0, 0.1) is 5.92 Å². The second-order valence-corrected chi connectivity index (χ2v) is 13.9. The predicted molar refractivity (Wildman–Crippen MR) is 194 cm³/mol. The van der Waals surface area contributed by atoms with Crippen molar-refractivity contribution in [2.75, 3.05) is 46.3 Å². The maximum absolute atomic E-state index is 13.0. The fraction of sp³-hybridized carbons (Fsp3) is 0.629. The number of nitrogens with two attached hydrogens (primary N) is 2. The lowest BCUT2D eigenvalue weighted by molar-refractivity contribution is -0.132. The Hall–Kier alpha value is -1.42. The van der Waals surface area contributed by atoms with Gasteiger partial charge in [0.25, 0.3) is 0 Å². The molecule has 2 aromatic carbocycles. The Morgan fingerprint density at radius 1 is 0.978 bits per heavy atom. The van der Waals surface area contributed by atoms with Gasteiger partial charge in [0.2, 0.25) is 5.91 Å². The molecule has 1 saturated heterocycles. The van der Waals surface area contributed by atoms with E-state index in [9.17, 15) is 4.79 Å². The van der Waals surface area contributed by atoms with Gasteiger partial charge in [-0.25, -0.2) is 0 Å². The highest BCUT2D eigenvalue weighted by Gasteiger charge is 2.27. The number of benzene rings is 2. The van der Waals surface area contributed by atoms with Gasteiger partial charge in [0.05, 0.1) is 16.5 Å². The molecule has 1 heterocycles. The number of halogens is 3. The lowest BCUT2D eigenvalue weighted by atomic mass is 10.00. The second-order valence-electron chi connectivity index (χ2n) is 13.1. The van der Waals surface area contributed by atoms with Crippen LogP contribution in [0.4, 0.5) is 0 Å². The Balaban J connectivity index is 0.00000705. The molecule has 0 saturated carbocycles. The van der Waals surface area contributed by atoms with Crippen LogP contribution in [0.2, 0.25) is 10.0 Å². The largest absolute Gasteiger partial charge is 0.342 e. The zero-order valence-corrected chi connectivity index (χ0v) is 29.9. The number of nitrogens with one attached hydrogen (secondary N) is 2. The number of carbonyl (C=O) groups is 1. The average molecular weight is 684 g/mol. The summed E-state index contributed by atoms with van der Waals surface area (Å²) in [6, 6.07) is 17.2. The minimum absolute atomic E-state index is 0. The molecule has 1 amide bonds. The second kappa shape index (κ2) is 21.5. The van der Waals surface area contributed by atoms with Crippen molar-refractivity contribution >= 4 is 41.5 Å². The summed E-state index contributed by atoms with van der Waals surface area (Å²) in [4.78, 5) is 17.5. The summed E-state index contributed by atoms with van der Waals surface area (Å²) in [5.41, 5.74) is 14.5. The molecule has 3 atom stereocenters. The van der Waals surface area contributed by atoms with Gasteiger partial charge in [0, 0.05) is 56.9 Å². The monoisotopic (exact) mass is 682 g/mol. The van der Waals surface area contributed by atoms with E-state index in [4.69, 9.17) is 34.7 Å². The van der Waals surface area contributed by atoms with E-state index in [1.165, 1.54) is 5.56 Å². The Kier molecular flexibility index (Phi) is 19.0. The van der Waals surface area contributed by atoms with Gasteiger partial charge in [-0.3, -0.25) is 4.79 Å². The van der Waals surface area contributed by atoms with E-state index in [-0.39, 0.29) is 24.4 Å². The lowest BCUT2D eigenvalue weighted by Crippen LogP contribution is -2.52. The molecule has 0 radical (unpaired) electrons. The molecule has 3 rings (SSSR count). The van der Waals surface area contributed by atoms with Gasteiger partial charge in [0.1, 0.15) is 0 Å². The lowest BCUT2D eigenvalue weighted by Gasteiger charge is -2.38. The van der Waals surface area contributed by atoms with E-state index < -0.39 is 0 Å². The van der Waals surface area contributed by atoms with Crippen LogP contribution in [-0.4, -0.2) is 86.2 Å². The Morgan fingerprint density at radius 3 is 2.31 bits per heavy atom. The molecule has 1 aliphatic rings. The number of piperidine rings is 1. The number of hydrogen-bond donors (Lipinski definition) is 4. The highest BCUT2D eigenvalue weighted by molar-refractivity contribution is 6.42. The number of amides is 1. The van der Waals surface area contributed by atoms with Crippen molar-refractivity contribution in [2.45, 2.75) is 89.4 Å². The van der Waals surface area contributed by atoms with E-state index in [0.717, 1.165) is 89.8 Å². The summed E-state index contributed by atoms with van der Waals surface area (Å²) in [5.74, 6) is 0.751. The Labute approximate surface area is 288 Å². The molecular formula is C35H57Cl3N6O. The van der Waals surface area contributed by atoms with Crippen LogP contribution in [0.5, 0.6) is 0 Å². The minimum atomic E-state index is 0. The number of likely N-dealkylation sites (tertiary alicyclic amines) is 1. The first-order valence-corrected chi connectivity index (χ1v) is 17.3. The molecule has 3 unspecified atom stereocenters. The summed E-state index contributed by atoms with van der Waals surface area (Å²) in [6.07, 6.45) is 7.56. The number of nitrogens with zero attached hydrogens (tertiary/aromatic N) is 2. The summed E-state index contributed by atoms with van der Waals surface area (Å²) < 4.78 is 0. The van der Waals surface area contributed by atoms with Crippen molar-refractivity contribution in [1.29, 1.82) is 0 Å². The van der Waals surface area contributed by atoms with Gasteiger partial charge < -0.3 is 31.9 Å². The molecule has 0 bridgehead atoms. The molecule has 0 spiro atoms. The molecule has 1 fully saturated rings. The zero-order valence-electron chi connectivity index (χ0n) is 27.5. The number of rotatable bonds is 19. The van der Waals surface area contributed by atoms with E-state index in [0.29, 0.717) is 40.5 Å². The maximum Gasteiger partial charge on any atom is 0.226 e. The zero-order chi connectivity index (χ0) is 31.9. The average Bonchev–Trinajstić information content (AvgIpc) is 3.00. The predicted octanol–water partition coefficient (Wildman–Crippen LogP) is 5.54. The molecule has 254 valence electrons. The van der Waals surface area contributed by atoms with Gasteiger partial charge in [-0.05, 0) is 81.3 Å². The number of carbonyl (C=O) groups excluding carboxylic acids is 1. The number of hydrogen-bond acceptors (Lipinski definition) is 6. The summed E-state index contributed by atoms with van der Waals surface area (Å²) in [6.45, 7) is 9.56. The van der Waals surface area contributed by atoms with Gasteiger partial charge in [-0.15, -0.1) is 12.4 Å². The fourth-order valence-electron chi connectivity index (χ4n) is 6.21. The highest BCUT2D eigenvalue weighted by Crippen LogP contribution is 2.24. The third-order valence-corrected chi connectivity index (χ3v) is 9.45. The number of likely N-dealkylation sites (N-methyl/N-ethyl adjacent to an activating group) is 1. The van der Waals surface area contributed by atoms with Crippen molar-refractivity contribution in [3.05, 3.63) is 69.7 Å². The molecule has 2 aromatic rings. The topological polar surface area (TPSA) is 99.6 Å². The van der Waals surface area contributed by atoms with E-state index in [1.54, 1.807) is 12.1 Å². The summed E-state index contributed by atoms with van der Waals surface area (Å²) in [5, 5.41) is 8.70. The van der Waals surface area contributed by atoms with Crippen LogP contribution in [-0.2, 0) is 17.6 Å². The van der Waals surface area contributed by atoms with Crippen molar-refractivity contribution in [3.63, 3.8) is 0 Å². The van der Waals surface area contributed by atoms with Crippen LogP contribution < -0.4 is 22.1 Å². The van der Waals surface area contributed by atoms with Crippen molar-refractivity contribution in [3.8, 4) is 0 Å². The molecule has 0 aliphatic carbocycles. The highest BCUT2D eigenvalue weighted by atomic mass is 35.5. The van der Waals surface area contributed by atoms with E-state index >= 15 is 0 Å². The van der Waals surface area contributed by atoms with Gasteiger partial charge in [-0.1, -0.05) is 79.9 Å². The first-order chi connectivity index (χ1) is 21.1. The van der Waals surface area contributed by atoms with Crippen LogP contribution >= 0.6 is 35.6 Å². The van der Waals surface area contributed by atoms with Gasteiger partial charge in [0.15, 0.2) is 0 Å². The summed E-state index contributed by atoms with van der Waals surface area (Å²) >= 11 is 12.2. The summed E-state index contributed by atoms with van der Waals surface area (Å²) in [7, 11) is 2.24. The van der Waals surface area contributed by atoms with E-state index in [1.807, 2.05) is 17.0 Å². The first kappa shape index (κ1) is 39.8.